The van der Waals surface area contributed by atoms with E-state index in [9.17, 15) is 16.8 Å². The molecule has 0 unspecified atom stereocenters. The molecule has 0 saturated heterocycles. The Morgan fingerprint density at radius 1 is 1.03 bits per heavy atom. The Hall–Kier alpha value is -1.16. The Kier molecular flexibility index (Phi) is 7.75. The summed E-state index contributed by atoms with van der Waals surface area (Å²) in [5, 5.41) is 3.34. The summed E-state index contributed by atoms with van der Waals surface area (Å²) in [5.74, 6) is 0.430. The van der Waals surface area contributed by atoms with Crippen molar-refractivity contribution in [3.63, 3.8) is 0 Å². The van der Waals surface area contributed by atoms with Gasteiger partial charge in [0.2, 0.25) is 20.0 Å². The molecular formula is C20H35N3O4S2. The van der Waals surface area contributed by atoms with Gasteiger partial charge in [-0.25, -0.2) is 26.3 Å². The highest BCUT2D eigenvalue weighted by Gasteiger charge is 2.32. The maximum absolute atomic E-state index is 12.3. The van der Waals surface area contributed by atoms with Crippen molar-refractivity contribution in [1.82, 2.24) is 9.44 Å². The molecule has 29 heavy (non-hydrogen) atoms. The van der Waals surface area contributed by atoms with Crippen LogP contribution in [0.1, 0.15) is 60.3 Å². The first-order valence-electron chi connectivity index (χ1n) is 10.2. The minimum atomic E-state index is -3.52. The van der Waals surface area contributed by atoms with Crippen molar-refractivity contribution in [3.8, 4) is 0 Å². The fraction of sp³-hybridized carbons (Fsp3) is 0.700. The van der Waals surface area contributed by atoms with E-state index in [0.29, 0.717) is 5.92 Å². The lowest BCUT2D eigenvalue weighted by atomic mass is 9.86. The Bertz CT molecular complexity index is 883. The second-order valence-corrected chi connectivity index (χ2v) is 13.3. The van der Waals surface area contributed by atoms with Crippen molar-refractivity contribution >= 4 is 25.7 Å². The summed E-state index contributed by atoms with van der Waals surface area (Å²) in [6.07, 6.45) is 3.48. The SMILES string of the molecule is CC(C)NS(=O)(=O)c1cccc(NCC2CCC(NS(=O)(=O)C(C)(C)C)CC2)c1. The number of rotatable bonds is 8. The molecular weight excluding hydrogens is 410 g/mol. The summed E-state index contributed by atoms with van der Waals surface area (Å²) >= 11 is 0. The summed E-state index contributed by atoms with van der Waals surface area (Å²) in [7, 11) is -6.84. The molecule has 0 aromatic heterocycles. The largest absolute Gasteiger partial charge is 0.385 e. The van der Waals surface area contributed by atoms with Crippen molar-refractivity contribution in [2.75, 3.05) is 11.9 Å². The van der Waals surface area contributed by atoms with E-state index in [-0.39, 0.29) is 17.0 Å². The highest BCUT2D eigenvalue weighted by molar-refractivity contribution is 7.90. The minimum Gasteiger partial charge on any atom is -0.385 e. The van der Waals surface area contributed by atoms with Crippen LogP contribution in [0.4, 0.5) is 5.69 Å². The van der Waals surface area contributed by atoms with E-state index in [0.717, 1.165) is 37.9 Å². The fourth-order valence-electron chi connectivity index (χ4n) is 3.29. The van der Waals surface area contributed by atoms with Crippen LogP contribution in [0, 0.1) is 5.92 Å². The molecule has 1 aromatic rings. The molecule has 0 amide bonds. The molecule has 0 aliphatic heterocycles. The quantitative estimate of drug-likeness (QED) is 0.570. The molecule has 9 heteroatoms. The van der Waals surface area contributed by atoms with Gasteiger partial charge in [0.1, 0.15) is 0 Å². The molecule has 0 radical (unpaired) electrons. The van der Waals surface area contributed by atoms with E-state index >= 15 is 0 Å². The molecule has 3 N–H and O–H groups in total. The summed E-state index contributed by atoms with van der Waals surface area (Å²) < 4.78 is 53.9. The van der Waals surface area contributed by atoms with Gasteiger partial charge in [-0.2, -0.15) is 0 Å². The molecule has 0 spiro atoms. The van der Waals surface area contributed by atoms with Gasteiger partial charge in [0.15, 0.2) is 0 Å². The molecule has 1 aliphatic carbocycles. The third kappa shape index (κ3) is 6.94. The Morgan fingerprint density at radius 3 is 2.21 bits per heavy atom. The smallest absolute Gasteiger partial charge is 0.240 e. The number of nitrogens with one attached hydrogen (secondary N) is 3. The van der Waals surface area contributed by atoms with Crippen molar-refractivity contribution in [2.45, 2.75) is 82.0 Å². The molecule has 7 nitrogen and oxygen atoms in total. The summed E-state index contributed by atoms with van der Waals surface area (Å²) in [6, 6.07) is 6.65. The Labute approximate surface area is 176 Å². The number of sulfonamides is 2. The molecule has 0 heterocycles. The monoisotopic (exact) mass is 445 g/mol. The molecule has 1 saturated carbocycles. The maximum Gasteiger partial charge on any atom is 0.240 e. The fourth-order valence-corrected chi connectivity index (χ4v) is 5.62. The summed E-state index contributed by atoms with van der Waals surface area (Å²) in [5.41, 5.74) is 0.771. The first kappa shape index (κ1) is 24.1. The molecule has 0 bridgehead atoms. The van der Waals surface area contributed by atoms with Crippen LogP contribution < -0.4 is 14.8 Å². The van der Waals surface area contributed by atoms with Crippen LogP contribution in [0.15, 0.2) is 29.2 Å². The Balaban J connectivity index is 1.88. The van der Waals surface area contributed by atoms with Crippen LogP contribution >= 0.6 is 0 Å². The summed E-state index contributed by atoms with van der Waals surface area (Å²) in [6.45, 7) is 9.43. The third-order valence-electron chi connectivity index (χ3n) is 5.10. The minimum absolute atomic E-state index is 0.00828. The first-order valence-corrected chi connectivity index (χ1v) is 13.1. The van der Waals surface area contributed by atoms with Crippen molar-refractivity contribution in [2.24, 2.45) is 5.92 Å². The van der Waals surface area contributed by atoms with Crippen LogP contribution in [0.5, 0.6) is 0 Å². The lowest BCUT2D eigenvalue weighted by Gasteiger charge is -2.31. The zero-order valence-corrected chi connectivity index (χ0v) is 19.7. The third-order valence-corrected chi connectivity index (χ3v) is 9.02. The van der Waals surface area contributed by atoms with Crippen LogP contribution in [0.2, 0.25) is 0 Å². The van der Waals surface area contributed by atoms with Gasteiger partial charge in [0.05, 0.1) is 9.64 Å². The lowest BCUT2D eigenvalue weighted by Crippen LogP contribution is -2.46. The number of hydrogen-bond donors (Lipinski definition) is 3. The van der Waals surface area contributed by atoms with E-state index in [1.54, 1.807) is 52.8 Å². The predicted octanol–water partition coefficient (Wildman–Crippen LogP) is 3.06. The van der Waals surface area contributed by atoms with Crippen LogP contribution in [-0.2, 0) is 20.0 Å². The van der Waals surface area contributed by atoms with E-state index in [2.05, 4.69) is 14.8 Å². The molecule has 2 rings (SSSR count). The van der Waals surface area contributed by atoms with Gasteiger partial charge >= 0.3 is 0 Å². The number of anilines is 1. The second-order valence-electron chi connectivity index (χ2n) is 9.14. The molecule has 0 atom stereocenters. The average molecular weight is 446 g/mol. The predicted molar refractivity (Wildman–Crippen MR) is 118 cm³/mol. The average Bonchev–Trinajstić information content (AvgIpc) is 2.59. The van der Waals surface area contributed by atoms with E-state index in [4.69, 9.17) is 0 Å². The van der Waals surface area contributed by atoms with Gasteiger partial charge in [0.25, 0.3) is 0 Å². The summed E-state index contributed by atoms with van der Waals surface area (Å²) in [4.78, 5) is 0.247. The van der Waals surface area contributed by atoms with Crippen molar-refractivity contribution in [3.05, 3.63) is 24.3 Å². The zero-order chi connectivity index (χ0) is 21.9. The number of hydrogen-bond acceptors (Lipinski definition) is 5. The van der Waals surface area contributed by atoms with Gasteiger partial charge in [-0.15, -0.1) is 0 Å². The van der Waals surface area contributed by atoms with Crippen LogP contribution in [-0.4, -0.2) is 40.2 Å². The van der Waals surface area contributed by atoms with Crippen LogP contribution in [0.3, 0.4) is 0 Å². The first-order chi connectivity index (χ1) is 13.3. The molecule has 1 fully saturated rings. The van der Waals surface area contributed by atoms with E-state index in [1.165, 1.54) is 0 Å². The molecule has 1 aliphatic rings. The van der Waals surface area contributed by atoms with Crippen molar-refractivity contribution < 1.29 is 16.8 Å². The lowest BCUT2D eigenvalue weighted by molar-refractivity contribution is 0.322. The van der Waals surface area contributed by atoms with Gasteiger partial charge in [-0.3, -0.25) is 0 Å². The van der Waals surface area contributed by atoms with E-state index in [1.807, 2.05) is 6.07 Å². The van der Waals surface area contributed by atoms with Crippen molar-refractivity contribution in [1.29, 1.82) is 0 Å². The molecule has 1 aromatic carbocycles. The molecule has 166 valence electrons. The number of benzene rings is 1. The second kappa shape index (κ2) is 9.32. The van der Waals surface area contributed by atoms with Gasteiger partial charge in [0, 0.05) is 24.3 Å². The highest BCUT2D eigenvalue weighted by atomic mass is 32.2. The standard InChI is InChI=1S/C20H35N3O4S2/c1-15(2)22-28(24,25)19-8-6-7-18(13-19)21-14-16-9-11-17(12-10-16)23-29(26,27)20(3,4)5/h6-8,13,15-17,21-23H,9-12,14H2,1-5H3. The zero-order valence-electron chi connectivity index (χ0n) is 18.0. The topological polar surface area (TPSA) is 104 Å². The van der Waals surface area contributed by atoms with E-state index < -0.39 is 24.8 Å². The maximum atomic E-state index is 12.3. The van der Waals surface area contributed by atoms with Gasteiger partial charge in [-0.1, -0.05) is 6.07 Å². The highest BCUT2D eigenvalue weighted by Crippen LogP contribution is 2.27. The van der Waals surface area contributed by atoms with Crippen LogP contribution in [0.25, 0.3) is 0 Å². The van der Waals surface area contributed by atoms with Gasteiger partial charge < -0.3 is 5.32 Å². The van der Waals surface area contributed by atoms with Gasteiger partial charge in [-0.05, 0) is 84.4 Å². The Morgan fingerprint density at radius 2 is 1.66 bits per heavy atom. The normalized spacial score (nSPS) is 21.3.